The molecule has 8 heteroatoms. The summed E-state index contributed by atoms with van der Waals surface area (Å²) >= 11 is 0. The van der Waals surface area contributed by atoms with Gasteiger partial charge in [0.2, 0.25) is 17.7 Å². The molecule has 190 valence electrons. The largest absolute Gasteiger partial charge is 0.436 e. The summed E-state index contributed by atoms with van der Waals surface area (Å²) in [6.45, 7) is 5.23. The number of hydrogen-bond acceptors (Lipinski definition) is 5. The van der Waals surface area contributed by atoms with Gasteiger partial charge in [-0.15, -0.1) is 0 Å². The SMILES string of the molecule is CC(=O)N[C@H](C(=O)N[C@H]1CCC[C@@H](N(C)C(=O)c2ccc(-c3nc4ccccc4o3)cc2)C1)C(C)C. The predicted molar refractivity (Wildman–Crippen MR) is 138 cm³/mol. The second-order valence-corrected chi connectivity index (χ2v) is 9.93. The molecule has 1 aliphatic carbocycles. The van der Waals surface area contributed by atoms with Gasteiger partial charge in [-0.1, -0.05) is 26.0 Å². The number of nitrogens with one attached hydrogen (secondary N) is 2. The van der Waals surface area contributed by atoms with Gasteiger partial charge in [-0.3, -0.25) is 14.4 Å². The van der Waals surface area contributed by atoms with Crippen molar-refractivity contribution in [2.45, 2.75) is 64.6 Å². The van der Waals surface area contributed by atoms with Crippen LogP contribution in [0.25, 0.3) is 22.6 Å². The third-order valence-corrected chi connectivity index (χ3v) is 6.84. The van der Waals surface area contributed by atoms with E-state index in [-0.39, 0.29) is 35.7 Å². The van der Waals surface area contributed by atoms with Crippen molar-refractivity contribution >= 4 is 28.8 Å². The predicted octanol–water partition coefficient (Wildman–Crippen LogP) is 4.15. The van der Waals surface area contributed by atoms with E-state index in [0.717, 1.165) is 35.9 Å². The van der Waals surface area contributed by atoms with E-state index in [9.17, 15) is 14.4 Å². The van der Waals surface area contributed by atoms with Crippen LogP contribution in [0.1, 0.15) is 56.8 Å². The first-order valence-electron chi connectivity index (χ1n) is 12.5. The topological polar surface area (TPSA) is 105 Å². The van der Waals surface area contributed by atoms with Crippen LogP contribution in [0.15, 0.2) is 52.9 Å². The normalized spacial score (nSPS) is 18.6. The Kier molecular flexibility index (Phi) is 7.72. The van der Waals surface area contributed by atoms with E-state index < -0.39 is 6.04 Å². The number of benzene rings is 2. The fourth-order valence-electron chi connectivity index (χ4n) is 4.81. The molecule has 1 fully saturated rings. The third kappa shape index (κ3) is 5.75. The van der Waals surface area contributed by atoms with Gasteiger partial charge in [0.15, 0.2) is 5.58 Å². The van der Waals surface area contributed by atoms with Crippen molar-refractivity contribution in [3.8, 4) is 11.5 Å². The first-order valence-corrected chi connectivity index (χ1v) is 12.5. The number of nitrogens with zero attached hydrogens (tertiary/aromatic N) is 2. The first kappa shape index (κ1) is 25.4. The fraction of sp³-hybridized carbons (Fsp3) is 0.429. The molecule has 0 saturated heterocycles. The maximum Gasteiger partial charge on any atom is 0.253 e. The van der Waals surface area contributed by atoms with Crippen molar-refractivity contribution in [1.29, 1.82) is 0 Å². The van der Waals surface area contributed by atoms with Gasteiger partial charge in [-0.25, -0.2) is 4.98 Å². The maximum absolute atomic E-state index is 13.2. The smallest absolute Gasteiger partial charge is 0.253 e. The highest BCUT2D eigenvalue weighted by Gasteiger charge is 2.31. The monoisotopic (exact) mass is 490 g/mol. The van der Waals surface area contributed by atoms with Crippen LogP contribution < -0.4 is 10.6 Å². The lowest BCUT2D eigenvalue weighted by molar-refractivity contribution is -0.129. The standard InChI is InChI=1S/C28H34N4O4/c1-17(2)25(29-18(3)33)26(34)30-21-8-7-9-22(16-21)32(4)28(35)20-14-12-19(13-15-20)27-31-23-10-5-6-11-24(23)36-27/h5-6,10-15,17,21-22,25H,7-9,16H2,1-4H3,(H,29,33)(H,30,34)/t21-,22+,25-/m0/s1. The Morgan fingerprint density at radius 1 is 1.06 bits per heavy atom. The minimum atomic E-state index is -0.568. The molecule has 0 bridgehead atoms. The van der Waals surface area contributed by atoms with Gasteiger partial charge in [0.05, 0.1) is 0 Å². The van der Waals surface area contributed by atoms with Crippen molar-refractivity contribution in [2.24, 2.45) is 5.92 Å². The van der Waals surface area contributed by atoms with Gasteiger partial charge in [0, 0.05) is 37.2 Å². The molecule has 8 nitrogen and oxygen atoms in total. The van der Waals surface area contributed by atoms with Gasteiger partial charge < -0.3 is 20.0 Å². The second kappa shape index (κ2) is 10.9. The van der Waals surface area contributed by atoms with E-state index >= 15 is 0 Å². The average molecular weight is 491 g/mol. The number of carbonyl (C=O) groups is 3. The number of amides is 3. The molecule has 3 aromatic rings. The highest BCUT2D eigenvalue weighted by molar-refractivity contribution is 5.94. The summed E-state index contributed by atoms with van der Waals surface area (Å²) in [5.41, 5.74) is 2.92. The Balaban J connectivity index is 1.39. The summed E-state index contributed by atoms with van der Waals surface area (Å²) in [6.07, 6.45) is 3.33. The van der Waals surface area contributed by atoms with Gasteiger partial charge in [0.1, 0.15) is 11.6 Å². The van der Waals surface area contributed by atoms with Crippen LogP contribution in [0.3, 0.4) is 0 Å². The summed E-state index contributed by atoms with van der Waals surface area (Å²) in [6, 6.07) is 14.3. The fourth-order valence-corrected chi connectivity index (χ4v) is 4.81. The zero-order chi connectivity index (χ0) is 25.8. The Morgan fingerprint density at radius 2 is 1.78 bits per heavy atom. The van der Waals surface area contributed by atoms with Crippen LogP contribution in [0.5, 0.6) is 0 Å². The number of rotatable bonds is 7. The average Bonchev–Trinajstić information content (AvgIpc) is 3.31. The highest BCUT2D eigenvalue weighted by Crippen LogP contribution is 2.26. The molecular weight excluding hydrogens is 456 g/mol. The van der Waals surface area contributed by atoms with E-state index in [1.54, 1.807) is 17.0 Å². The number of aromatic nitrogens is 1. The van der Waals surface area contributed by atoms with E-state index in [1.807, 2.05) is 57.3 Å². The van der Waals surface area contributed by atoms with E-state index in [1.165, 1.54) is 6.92 Å². The molecule has 1 aromatic heterocycles. The molecule has 3 amide bonds. The Bertz CT molecular complexity index is 1200. The van der Waals surface area contributed by atoms with E-state index in [0.29, 0.717) is 17.9 Å². The molecule has 0 aliphatic heterocycles. The van der Waals surface area contributed by atoms with Gasteiger partial charge in [0.25, 0.3) is 5.91 Å². The molecule has 0 unspecified atom stereocenters. The molecule has 4 rings (SSSR count). The number of carbonyl (C=O) groups excluding carboxylic acids is 3. The molecule has 1 aliphatic rings. The molecule has 2 N–H and O–H groups in total. The number of oxazole rings is 1. The van der Waals surface area contributed by atoms with Crippen molar-refractivity contribution in [3.05, 3.63) is 54.1 Å². The number of para-hydroxylation sites is 2. The molecule has 1 heterocycles. The van der Waals surface area contributed by atoms with Gasteiger partial charge in [-0.2, -0.15) is 0 Å². The van der Waals surface area contributed by atoms with Crippen molar-refractivity contribution in [1.82, 2.24) is 20.5 Å². The summed E-state index contributed by atoms with van der Waals surface area (Å²) in [5, 5.41) is 5.84. The summed E-state index contributed by atoms with van der Waals surface area (Å²) in [5.74, 6) is 0.0467. The van der Waals surface area contributed by atoms with Crippen LogP contribution in [0.4, 0.5) is 0 Å². The first-order chi connectivity index (χ1) is 17.2. The van der Waals surface area contributed by atoms with E-state index in [2.05, 4.69) is 15.6 Å². The van der Waals surface area contributed by atoms with Crippen LogP contribution in [0, 0.1) is 5.92 Å². The lowest BCUT2D eigenvalue weighted by Crippen LogP contribution is -2.53. The molecule has 36 heavy (non-hydrogen) atoms. The Hall–Kier alpha value is -3.68. The van der Waals surface area contributed by atoms with Gasteiger partial charge >= 0.3 is 0 Å². The third-order valence-electron chi connectivity index (χ3n) is 6.84. The molecule has 3 atom stereocenters. The van der Waals surface area contributed by atoms with Crippen molar-refractivity contribution in [2.75, 3.05) is 7.05 Å². The maximum atomic E-state index is 13.2. The Morgan fingerprint density at radius 3 is 2.44 bits per heavy atom. The quantitative estimate of drug-likeness (QED) is 0.518. The second-order valence-electron chi connectivity index (χ2n) is 9.93. The number of fused-ring (bicyclic) bond motifs is 1. The number of hydrogen-bond donors (Lipinski definition) is 2. The lowest BCUT2D eigenvalue weighted by atomic mass is 9.89. The van der Waals surface area contributed by atoms with Crippen LogP contribution in [-0.4, -0.2) is 52.8 Å². The Labute approximate surface area is 211 Å². The molecule has 2 aromatic carbocycles. The minimum Gasteiger partial charge on any atom is -0.436 e. The molecule has 1 saturated carbocycles. The van der Waals surface area contributed by atoms with Crippen molar-refractivity contribution in [3.63, 3.8) is 0 Å². The molecule has 0 radical (unpaired) electrons. The lowest BCUT2D eigenvalue weighted by Gasteiger charge is -2.36. The van der Waals surface area contributed by atoms with E-state index in [4.69, 9.17) is 4.42 Å². The highest BCUT2D eigenvalue weighted by atomic mass is 16.3. The van der Waals surface area contributed by atoms with Crippen LogP contribution in [0.2, 0.25) is 0 Å². The van der Waals surface area contributed by atoms with Gasteiger partial charge in [-0.05, 0) is 68.0 Å². The zero-order valence-corrected chi connectivity index (χ0v) is 21.3. The summed E-state index contributed by atoms with van der Waals surface area (Å²) in [4.78, 5) is 43.8. The molecular formula is C28H34N4O4. The van der Waals surface area contributed by atoms with Crippen LogP contribution in [-0.2, 0) is 9.59 Å². The summed E-state index contributed by atoms with van der Waals surface area (Å²) < 4.78 is 5.83. The van der Waals surface area contributed by atoms with Crippen molar-refractivity contribution < 1.29 is 18.8 Å². The molecule has 0 spiro atoms. The minimum absolute atomic E-state index is 0.0183. The zero-order valence-electron chi connectivity index (χ0n) is 21.3. The van der Waals surface area contributed by atoms with Crippen LogP contribution >= 0.6 is 0 Å². The summed E-state index contributed by atoms with van der Waals surface area (Å²) in [7, 11) is 1.82.